The standard InChI is InChI=1S/C21H17F3N6OS/c1-27-18(31)16-4-2-3-5-17(16)30-19(27)26-29(20(30)32)13-28(12-21(22,23)24)11-15-8-6-14(10-25)7-9-15/h2-9H,11-13H2,1H3. The molecule has 0 fully saturated rings. The van der Waals surface area contributed by atoms with E-state index in [4.69, 9.17) is 17.5 Å². The van der Waals surface area contributed by atoms with Gasteiger partial charge in [0.2, 0.25) is 10.5 Å². The quantitative estimate of drug-likeness (QED) is 0.428. The number of hydrogen-bond acceptors (Lipinski definition) is 5. The predicted molar refractivity (Wildman–Crippen MR) is 114 cm³/mol. The van der Waals surface area contributed by atoms with E-state index in [-0.39, 0.29) is 29.3 Å². The lowest BCUT2D eigenvalue weighted by Crippen LogP contribution is -2.35. The fourth-order valence-corrected chi connectivity index (χ4v) is 3.86. The smallest absolute Gasteiger partial charge is 0.279 e. The van der Waals surface area contributed by atoms with Crippen molar-refractivity contribution >= 4 is 28.9 Å². The number of para-hydroxylation sites is 1. The molecular formula is C21H17F3N6OS. The second kappa shape index (κ2) is 8.22. The largest absolute Gasteiger partial charge is 0.401 e. The van der Waals surface area contributed by atoms with E-state index < -0.39 is 12.7 Å². The zero-order valence-corrected chi connectivity index (χ0v) is 17.7. The summed E-state index contributed by atoms with van der Waals surface area (Å²) in [5.41, 5.74) is 1.30. The van der Waals surface area contributed by atoms with E-state index in [1.807, 2.05) is 6.07 Å². The first kappa shape index (κ1) is 21.7. The summed E-state index contributed by atoms with van der Waals surface area (Å²) in [6.07, 6.45) is -4.44. The van der Waals surface area contributed by atoms with Crippen molar-refractivity contribution in [3.05, 3.63) is 74.8 Å². The number of rotatable bonds is 5. The first-order valence-electron chi connectivity index (χ1n) is 9.53. The molecule has 2 heterocycles. The minimum absolute atomic E-state index is 0.0272. The molecule has 0 aliphatic rings. The van der Waals surface area contributed by atoms with Crippen LogP contribution in [0.15, 0.2) is 53.3 Å². The van der Waals surface area contributed by atoms with Crippen LogP contribution in [0, 0.1) is 16.1 Å². The van der Waals surface area contributed by atoms with Crippen molar-refractivity contribution in [2.45, 2.75) is 19.4 Å². The van der Waals surface area contributed by atoms with E-state index in [0.717, 1.165) is 4.90 Å². The summed E-state index contributed by atoms with van der Waals surface area (Å²) in [7, 11) is 1.54. The van der Waals surface area contributed by atoms with Gasteiger partial charge in [-0.25, -0.2) is 4.68 Å². The molecule has 0 aliphatic carbocycles. The maximum absolute atomic E-state index is 13.3. The number of alkyl halides is 3. The Morgan fingerprint density at radius 3 is 2.50 bits per heavy atom. The molecule has 0 bridgehead atoms. The van der Waals surface area contributed by atoms with Gasteiger partial charge in [0.1, 0.15) is 0 Å². The lowest BCUT2D eigenvalue weighted by molar-refractivity contribution is -0.151. The summed E-state index contributed by atoms with van der Waals surface area (Å²) in [6, 6.07) is 15.2. The molecular weight excluding hydrogens is 441 g/mol. The van der Waals surface area contributed by atoms with Gasteiger partial charge in [0.15, 0.2) is 0 Å². The summed E-state index contributed by atoms with van der Waals surface area (Å²) in [5.74, 6) is 0.240. The molecule has 0 amide bonds. The molecule has 0 N–H and O–H groups in total. The molecule has 164 valence electrons. The molecule has 0 aliphatic heterocycles. The molecule has 0 atom stereocenters. The van der Waals surface area contributed by atoms with E-state index in [1.54, 1.807) is 60.0 Å². The Kier molecular flexibility index (Phi) is 5.58. The van der Waals surface area contributed by atoms with E-state index in [1.165, 1.54) is 9.25 Å². The second-order valence-corrected chi connectivity index (χ2v) is 7.72. The average Bonchev–Trinajstić information content (AvgIpc) is 3.07. The molecule has 0 spiro atoms. The van der Waals surface area contributed by atoms with Gasteiger partial charge in [0, 0.05) is 13.6 Å². The van der Waals surface area contributed by atoms with E-state index in [2.05, 4.69) is 5.10 Å². The molecule has 0 saturated carbocycles. The lowest BCUT2D eigenvalue weighted by Gasteiger charge is -2.23. The number of aryl methyl sites for hydroxylation is 1. The molecule has 7 nitrogen and oxygen atoms in total. The van der Waals surface area contributed by atoms with Crippen LogP contribution in [0.3, 0.4) is 0 Å². The van der Waals surface area contributed by atoms with Crippen LogP contribution in [0.1, 0.15) is 11.1 Å². The van der Waals surface area contributed by atoms with Gasteiger partial charge in [-0.2, -0.15) is 18.4 Å². The number of hydrogen-bond donors (Lipinski definition) is 0. The summed E-state index contributed by atoms with van der Waals surface area (Å²) >= 11 is 5.52. The van der Waals surface area contributed by atoms with Crippen LogP contribution in [0.25, 0.3) is 16.7 Å². The lowest BCUT2D eigenvalue weighted by atomic mass is 10.1. The van der Waals surface area contributed by atoms with Crippen LogP contribution in [0.4, 0.5) is 13.2 Å². The number of nitrogens with zero attached hydrogens (tertiary/aromatic N) is 6. The van der Waals surface area contributed by atoms with Crippen molar-refractivity contribution in [1.82, 2.24) is 23.6 Å². The van der Waals surface area contributed by atoms with Crippen LogP contribution >= 0.6 is 12.2 Å². The molecule has 4 aromatic rings. The molecule has 2 aromatic heterocycles. The topological polar surface area (TPSA) is 71.3 Å². The Morgan fingerprint density at radius 1 is 1.16 bits per heavy atom. The number of nitriles is 1. The summed E-state index contributed by atoms with van der Waals surface area (Å²) in [4.78, 5) is 13.8. The van der Waals surface area contributed by atoms with Gasteiger partial charge in [-0.15, -0.1) is 5.10 Å². The third-order valence-corrected chi connectivity index (χ3v) is 5.42. The molecule has 0 radical (unpaired) electrons. The fraction of sp³-hybridized carbons (Fsp3) is 0.238. The van der Waals surface area contributed by atoms with Gasteiger partial charge in [0.25, 0.3) is 5.56 Å². The van der Waals surface area contributed by atoms with Gasteiger partial charge < -0.3 is 0 Å². The van der Waals surface area contributed by atoms with E-state index in [9.17, 15) is 18.0 Å². The highest BCUT2D eigenvalue weighted by Gasteiger charge is 2.31. The van der Waals surface area contributed by atoms with Crippen molar-refractivity contribution < 1.29 is 13.2 Å². The highest BCUT2D eigenvalue weighted by Crippen LogP contribution is 2.20. The van der Waals surface area contributed by atoms with Gasteiger partial charge in [-0.1, -0.05) is 24.3 Å². The van der Waals surface area contributed by atoms with Crippen molar-refractivity contribution in [2.75, 3.05) is 6.54 Å². The van der Waals surface area contributed by atoms with Gasteiger partial charge in [-0.05, 0) is 42.0 Å². The van der Waals surface area contributed by atoms with Crippen molar-refractivity contribution in [1.29, 1.82) is 5.26 Å². The molecule has 32 heavy (non-hydrogen) atoms. The summed E-state index contributed by atoms with van der Waals surface area (Å²) in [6.45, 7) is -1.44. The Labute approximate surface area is 185 Å². The van der Waals surface area contributed by atoms with Crippen LogP contribution in [-0.4, -0.2) is 36.4 Å². The molecule has 4 rings (SSSR count). The second-order valence-electron chi connectivity index (χ2n) is 7.35. The Hall–Kier alpha value is -3.49. The number of aromatic nitrogens is 4. The first-order chi connectivity index (χ1) is 15.2. The monoisotopic (exact) mass is 458 g/mol. The Morgan fingerprint density at radius 2 is 1.84 bits per heavy atom. The molecule has 0 unspecified atom stereocenters. The third-order valence-electron chi connectivity index (χ3n) is 5.03. The predicted octanol–water partition coefficient (Wildman–Crippen LogP) is 3.61. The number of fused-ring (bicyclic) bond motifs is 3. The third kappa shape index (κ3) is 4.15. The Balaban J connectivity index is 1.77. The average molecular weight is 458 g/mol. The van der Waals surface area contributed by atoms with Gasteiger partial charge >= 0.3 is 6.18 Å². The molecule has 11 heteroatoms. The first-order valence-corrected chi connectivity index (χ1v) is 9.94. The highest BCUT2D eigenvalue weighted by molar-refractivity contribution is 7.71. The molecule has 0 saturated heterocycles. The zero-order valence-electron chi connectivity index (χ0n) is 16.9. The number of benzene rings is 2. The van der Waals surface area contributed by atoms with Crippen molar-refractivity contribution in [2.24, 2.45) is 7.05 Å². The van der Waals surface area contributed by atoms with Gasteiger partial charge in [0.05, 0.1) is 35.7 Å². The SMILES string of the molecule is Cn1c(=O)c2ccccc2n2c(=S)n(CN(Cc3ccc(C#N)cc3)CC(F)(F)F)nc12. The maximum Gasteiger partial charge on any atom is 0.401 e. The molecule has 2 aromatic carbocycles. The van der Waals surface area contributed by atoms with Crippen LogP contribution in [-0.2, 0) is 20.3 Å². The fourth-order valence-electron chi connectivity index (χ4n) is 3.58. The Bertz CT molecular complexity index is 1460. The minimum atomic E-state index is -4.44. The van der Waals surface area contributed by atoms with E-state index in [0.29, 0.717) is 22.0 Å². The summed E-state index contributed by atoms with van der Waals surface area (Å²) < 4.78 is 44.2. The van der Waals surface area contributed by atoms with Crippen LogP contribution in [0.5, 0.6) is 0 Å². The summed E-state index contributed by atoms with van der Waals surface area (Å²) in [5, 5.41) is 13.7. The van der Waals surface area contributed by atoms with Crippen molar-refractivity contribution in [3.8, 4) is 6.07 Å². The highest BCUT2D eigenvalue weighted by atomic mass is 32.1. The van der Waals surface area contributed by atoms with Crippen LogP contribution in [0.2, 0.25) is 0 Å². The normalized spacial score (nSPS) is 12.0. The van der Waals surface area contributed by atoms with Gasteiger partial charge in [-0.3, -0.25) is 18.7 Å². The van der Waals surface area contributed by atoms with Crippen molar-refractivity contribution in [3.63, 3.8) is 0 Å². The van der Waals surface area contributed by atoms with Crippen LogP contribution < -0.4 is 5.56 Å². The number of halogens is 3. The maximum atomic E-state index is 13.3. The zero-order chi connectivity index (χ0) is 23.0. The van der Waals surface area contributed by atoms with E-state index >= 15 is 0 Å². The minimum Gasteiger partial charge on any atom is -0.279 e.